The van der Waals surface area contributed by atoms with Crippen molar-refractivity contribution in [3.05, 3.63) is 72.0 Å². The molecular formula is C24H29N3O3. The number of benzene rings is 2. The molecule has 6 heteroatoms. The summed E-state index contributed by atoms with van der Waals surface area (Å²) in [4.78, 5) is 17.0. The monoisotopic (exact) mass is 407 g/mol. The van der Waals surface area contributed by atoms with E-state index in [1.165, 1.54) is 5.56 Å². The van der Waals surface area contributed by atoms with Crippen LogP contribution < -0.4 is 5.32 Å². The van der Waals surface area contributed by atoms with E-state index in [0.717, 1.165) is 43.0 Å². The number of urea groups is 1. The number of hydrogen-bond acceptors (Lipinski definition) is 4. The molecule has 1 aromatic heterocycles. The van der Waals surface area contributed by atoms with E-state index in [0.29, 0.717) is 6.54 Å². The Balaban J connectivity index is 1.43. The average molecular weight is 408 g/mol. The van der Waals surface area contributed by atoms with Crippen molar-refractivity contribution in [1.82, 2.24) is 15.1 Å². The summed E-state index contributed by atoms with van der Waals surface area (Å²) in [6.45, 7) is 5.69. The molecule has 4 rings (SSSR count). The molecule has 2 aromatic carbocycles. The first-order valence-corrected chi connectivity index (χ1v) is 10.5. The van der Waals surface area contributed by atoms with Crippen LogP contribution in [0.3, 0.4) is 0 Å². The Morgan fingerprint density at radius 2 is 1.80 bits per heavy atom. The molecule has 0 spiro atoms. The Morgan fingerprint density at radius 3 is 2.53 bits per heavy atom. The summed E-state index contributed by atoms with van der Waals surface area (Å²) in [5.74, 6) is 0.779. The second kappa shape index (κ2) is 9.32. The highest BCUT2D eigenvalue weighted by atomic mass is 16.5. The van der Waals surface area contributed by atoms with Crippen molar-refractivity contribution in [2.75, 3.05) is 39.9 Å². The van der Waals surface area contributed by atoms with E-state index in [1.54, 1.807) is 11.9 Å². The molecule has 1 N–H and O–H groups in total. The molecule has 158 valence electrons. The predicted molar refractivity (Wildman–Crippen MR) is 117 cm³/mol. The number of ether oxygens (including phenoxy) is 1. The molecule has 0 aliphatic carbocycles. The Bertz CT molecular complexity index is 933. The summed E-state index contributed by atoms with van der Waals surface area (Å²) >= 11 is 0. The molecule has 1 saturated heterocycles. The van der Waals surface area contributed by atoms with Crippen LogP contribution in [0.2, 0.25) is 0 Å². The van der Waals surface area contributed by atoms with Crippen LogP contribution >= 0.6 is 0 Å². The third kappa shape index (κ3) is 4.50. The summed E-state index contributed by atoms with van der Waals surface area (Å²) < 4.78 is 11.5. The van der Waals surface area contributed by atoms with E-state index in [1.807, 2.05) is 55.5 Å². The van der Waals surface area contributed by atoms with Gasteiger partial charge in [0.15, 0.2) is 0 Å². The lowest BCUT2D eigenvalue weighted by Gasteiger charge is -2.35. The van der Waals surface area contributed by atoms with Crippen molar-refractivity contribution in [3.63, 3.8) is 0 Å². The van der Waals surface area contributed by atoms with Crippen LogP contribution in [0, 0.1) is 0 Å². The lowest BCUT2D eigenvalue weighted by molar-refractivity contribution is 0.0164. The summed E-state index contributed by atoms with van der Waals surface area (Å²) in [5.41, 5.74) is 2.04. The molecule has 0 bridgehead atoms. The van der Waals surface area contributed by atoms with Crippen LogP contribution in [0.25, 0.3) is 11.0 Å². The minimum Gasteiger partial charge on any atom is -0.459 e. The molecule has 2 amide bonds. The molecule has 0 saturated carbocycles. The van der Waals surface area contributed by atoms with Crippen molar-refractivity contribution >= 4 is 17.0 Å². The van der Waals surface area contributed by atoms with E-state index in [9.17, 15) is 4.79 Å². The van der Waals surface area contributed by atoms with Gasteiger partial charge in [0.05, 0.1) is 25.3 Å². The topological polar surface area (TPSA) is 58.0 Å². The van der Waals surface area contributed by atoms with Gasteiger partial charge >= 0.3 is 6.03 Å². The molecule has 1 aliphatic rings. The van der Waals surface area contributed by atoms with Crippen molar-refractivity contribution in [2.45, 2.75) is 19.0 Å². The van der Waals surface area contributed by atoms with E-state index >= 15 is 0 Å². The Morgan fingerprint density at radius 1 is 1.10 bits per heavy atom. The molecule has 2 heterocycles. The first-order valence-electron chi connectivity index (χ1n) is 10.5. The molecule has 0 radical (unpaired) electrons. The maximum absolute atomic E-state index is 12.9. The zero-order valence-corrected chi connectivity index (χ0v) is 17.6. The second-order valence-electron chi connectivity index (χ2n) is 7.73. The fraction of sp³-hybridized carbons (Fsp3) is 0.375. The van der Waals surface area contributed by atoms with Crippen LogP contribution in [0.4, 0.5) is 4.79 Å². The third-order valence-corrected chi connectivity index (χ3v) is 5.88. The van der Waals surface area contributed by atoms with Crippen molar-refractivity contribution in [3.8, 4) is 0 Å². The van der Waals surface area contributed by atoms with Crippen LogP contribution in [0.15, 0.2) is 65.1 Å². The van der Waals surface area contributed by atoms with E-state index < -0.39 is 0 Å². The van der Waals surface area contributed by atoms with Gasteiger partial charge in [-0.2, -0.15) is 0 Å². The van der Waals surface area contributed by atoms with E-state index in [-0.39, 0.29) is 18.1 Å². The Kier molecular flexibility index (Phi) is 6.35. The minimum absolute atomic E-state index is 0.114. The number of para-hydroxylation sites is 1. The first kappa shape index (κ1) is 20.4. The van der Waals surface area contributed by atoms with Gasteiger partial charge in [-0.3, -0.25) is 4.90 Å². The number of nitrogens with zero attached hydrogens (tertiary/aromatic N) is 2. The summed E-state index contributed by atoms with van der Waals surface area (Å²) in [6, 6.07) is 20.1. The number of hydrogen-bond donors (Lipinski definition) is 1. The Labute approximate surface area is 177 Å². The number of rotatable bonds is 6. The third-order valence-electron chi connectivity index (χ3n) is 5.88. The highest BCUT2D eigenvalue weighted by Crippen LogP contribution is 2.27. The second-order valence-corrected chi connectivity index (χ2v) is 7.73. The summed E-state index contributed by atoms with van der Waals surface area (Å²) in [5, 5.41) is 4.17. The largest absolute Gasteiger partial charge is 0.459 e. The zero-order chi connectivity index (χ0) is 20.9. The van der Waals surface area contributed by atoms with Gasteiger partial charge in [0.1, 0.15) is 11.3 Å². The number of nitrogens with one attached hydrogen (secondary N) is 1. The number of furan rings is 1. The summed E-state index contributed by atoms with van der Waals surface area (Å²) in [6.07, 6.45) is 0. The van der Waals surface area contributed by atoms with Gasteiger partial charge in [-0.15, -0.1) is 0 Å². The van der Waals surface area contributed by atoms with Crippen LogP contribution in [0.5, 0.6) is 0 Å². The standard InChI is InChI=1S/C24H29N3O3/c1-18(23-16-20-10-6-7-11-22(20)30-23)26(2)24(28)25-17-21(19-8-4-3-5-9-19)27-12-14-29-15-13-27/h3-11,16,18,21H,12-15,17H2,1-2H3,(H,25,28)/t18-,21+/m0/s1. The van der Waals surface area contributed by atoms with Gasteiger partial charge in [0, 0.05) is 32.1 Å². The highest BCUT2D eigenvalue weighted by molar-refractivity contribution is 5.78. The van der Waals surface area contributed by atoms with Crippen LogP contribution in [-0.4, -0.2) is 55.7 Å². The predicted octanol–water partition coefficient (Wildman–Crippen LogP) is 4.21. The SMILES string of the molecule is C[C@@H](c1cc2ccccc2o1)N(C)C(=O)NC[C@H](c1ccccc1)N1CCOCC1. The lowest BCUT2D eigenvalue weighted by Crippen LogP contribution is -2.46. The number of carbonyl (C=O) groups is 1. The van der Waals surface area contributed by atoms with E-state index in [2.05, 4.69) is 22.3 Å². The first-order chi connectivity index (χ1) is 14.6. The fourth-order valence-corrected chi connectivity index (χ4v) is 3.91. The van der Waals surface area contributed by atoms with Crippen LogP contribution in [0.1, 0.15) is 30.3 Å². The number of amides is 2. The smallest absolute Gasteiger partial charge is 0.317 e. The molecule has 6 nitrogen and oxygen atoms in total. The molecule has 2 atom stereocenters. The highest BCUT2D eigenvalue weighted by Gasteiger charge is 2.25. The maximum Gasteiger partial charge on any atom is 0.317 e. The lowest BCUT2D eigenvalue weighted by atomic mass is 10.0. The number of fused-ring (bicyclic) bond motifs is 1. The number of morpholine rings is 1. The zero-order valence-electron chi connectivity index (χ0n) is 17.6. The van der Waals surface area contributed by atoms with Gasteiger partial charge < -0.3 is 19.4 Å². The van der Waals surface area contributed by atoms with Crippen molar-refractivity contribution in [2.24, 2.45) is 0 Å². The molecule has 30 heavy (non-hydrogen) atoms. The molecule has 3 aromatic rings. The molecule has 0 unspecified atom stereocenters. The molecule has 1 fully saturated rings. The van der Waals surface area contributed by atoms with Crippen molar-refractivity contribution in [1.29, 1.82) is 0 Å². The number of carbonyl (C=O) groups excluding carboxylic acids is 1. The van der Waals surface area contributed by atoms with Crippen LogP contribution in [-0.2, 0) is 4.74 Å². The van der Waals surface area contributed by atoms with Gasteiger partial charge in [0.25, 0.3) is 0 Å². The molecule has 1 aliphatic heterocycles. The average Bonchev–Trinajstić information content (AvgIpc) is 3.24. The Hall–Kier alpha value is -2.83. The molecular weight excluding hydrogens is 378 g/mol. The van der Waals surface area contributed by atoms with E-state index in [4.69, 9.17) is 9.15 Å². The van der Waals surface area contributed by atoms with Gasteiger partial charge in [0.2, 0.25) is 0 Å². The minimum atomic E-state index is -0.170. The normalized spacial score (nSPS) is 16.9. The van der Waals surface area contributed by atoms with Crippen molar-refractivity contribution < 1.29 is 13.9 Å². The van der Waals surface area contributed by atoms with Gasteiger partial charge in [-0.25, -0.2) is 4.79 Å². The van der Waals surface area contributed by atoms with Gasteiger partial charge in [-0.05, 0) is 24.6 Å². The summed E-state index contributed by atoms with van der Waals surface area (Å²) in [7, 11) is 1.81. The quantitative estimate of drug-likeness (QED) is 0.665. The van der Waals surface area contributed by atoms with Gasteiger partial charge in [-0.1, -0.05) is 48.5 Å². The maximum atomic E-state index is 12.9. The fourth-order valence-electron chi connectivity index (χ4n) is 3.91.